The van der Waals surface area contributed by atoms with Crippen molar-refractivity contribution < 1.29 is 18.2 Å². The summed E-state index contributed by atoms with van der Waals surface area (Å²) in [7, 11) is 1.47. The second kappa shape index (κ2) is 3.59. The minimum absolute atomic E-state index is 0.238. The zero-order valence-electron chi connectivity index (χ0n) is 7.65. The number of fused-ring (bicyclic) bond motifs is 1. The summed E-state index contributed by atoms with van der Waals surface area (Å²) >= 11 is -2.07. The van der Waals surface area contributed by atoms with Crippen molar-refractivity contribution in [2.45, 2.75) is 11.3 Å². The van der Waals surface area contributed by atoms with Crippen molar-refractivity contribution >= 4 is 11.1 Å². The first-order valence-electron chi connectivity index (χ1n) is 4.17. The molecular weight excluding hydrogens is 204 g/mol. The third-order valence-electron chi connectivity index (χ3n) is 2.17. The Kier molecular flexibility index (Phi) is 2.43. The summed E-state index contributed by atoms with van der Waals surface area (Å²) in [6.07, 6.45) is 0.781. The lowest BCUT2D eigenvalue weighted by Crippen LogP contribution is -1.98. The first kappa shape index (κ1) is 9.48. The highest BCUT2D eigenvalue weighted by molar-refractivity contribution is 7.79. The lowest BCUT2D eigenvalue weighted by atomic mass is 10.2. The van der Waals surface area contributed by atoms with E-state index in [0.717, 1.165) is 12.0 Å². The van der Waals surface area contributed by atoms with E-state index in [1.54, 1.807) is 6.07 Å². The Hall–Kier alpha value is -1.07. The smallest absolute Gasteiger partial charge is 0.194 e. The zero-order valence-corrected chi connectivity index (χ0v) is 8.47. The lowest BCUT2D eigenvalue weighted by molar-refractivity contribution is 0.339. The van der Waals surface area contributed by atoms with Gasteiger partial charge >= 0.3 is 0 Å². The van der Waals surface area contributed by atoms with Crippen molar-refractivity contribution in [3.63, 3.8) is 0 Å². The fourth-order valence-corrected chi connectivity index (χ4v) is 2.20. The van der Waals surface area contributed by atoms with Crippen LogP contribution in [0.3, 0.4) is 0 Å². The highest BCUT2D eigenvalue weighted by Gasteiger charge is 2.23. The van der Waals surface area contributed by atoms with Crippen LogP contribution < -0.4 is 9.47 Å². The molecule has 0 saturated heterocycles. The van der Waals surface area contributed by atoms with Gasteiger partial charge in [0, 0.05) is 6.42 Å². The van der Waals surface area contributed by atoms with E-state index in [4.69, 9.17) is 14.0 Å². The summed E-state index contributed by atoms with van der Waals surface area (Å²) in [5.41, 5.74) is 0.961. The maximum absolute atomic E-state index is 11.1. The summed E-state index contributed by atoms with van der Waals surface area (Å²) < 4.78 is 30.5. The van der Waals surface area contributed by atoms with Gasteiger partial charge in [-0.3, -0.25) is 0 Å². The topological polar surface area (TPSA) is 55.8 Å². The Morgan fingerprint density at radius 1 is 1.57 bits per heavy atom. The molecular formula is C9H10O4S. The van der Waals surface area contributed by atoms with Gasteiger partial charge in [0.1, 0.15) is 11.5 Å². The molecule has 1 atom stereocenters. The van der Waals surface area contributed by atoms with Crippen LogP contribution in [0.1, 0.15) is 5.56 Å². The third kappa shape index (κ3) is 1.38. The van der Waals surface area contributed by atoms with Crippen molar-refractivity contribution in [3.8, 4) is 11.5 Å². The summed E-state index contributed by atoms with van der Waals surface area (Å²) in [6.45, 7) is 0.562. The third-order valence-corrected chi connectivity index (χ3v) is 2.91. The number of benzene rings is 1. The summed E-state index contributed by atoms with van der Waals surface area (Å²) in [6, 6.07) is 3.55. The zero-order chi connectivity index (χ0) is 10.1. The number of hydrogen-bond acceptors (Lipinski definition) is 3. The highest BCUT2D eigenvalue weighted by atomic mass is 32.2. The van der Waals surface area contributed by atoms with Gasteiger partial charge in [-0.1, -0.05) is 6.07 Å². The van der Waals surface area contributed by atoms with E-state index in [0.29, 0.717) is 18.1 Å². The van der Waals surface area contributed by atoms with E-state index >= 15 is 0 Å². The van der Waals surface area contributed by atoms with Crippen molar-refractivity contribution in [2.75, 3.05) is 13.7 Å². The van der Waals surface area contributed by atoms with E-state index in [-0.39, 0.29) is 4.90 Å². The van der Waals surface area contributed by atoms with Crippen LogP contribution >= 0.6 is 0 Å². The maximum atomic E-state index is 11.1. The molecule has 0 radical (unpaired) electrons. The fraction of sp³-hybridized carbons (Fsp3) is 0.333. The van der Waals surface area contributed by atoms with Crippen LogP contribution in [-0.2, 0) is 17.5 Å². The van der Waals surface area contributed by atoms with Gasteiger partial charge in [0.05, 0.1) is 13.7 Å². The first-order valence-corrected chi connectivity index (χ1v) is 5.28. The van der Waals surface area contributed by atoms with Gasteiger partial charge in [0.2, 0.25) is 0 Å². The summed E-state index contributed by atoms with van der Waals surface area (Å²) in [5.74, 6) is 0.900. The molecule has 76 valence electrons. The average Bonchev–Trinajstić information content (AvgIpc) is 2.62. The van der Waals surface area contributed by atoms with Crippen molar-refractivity contribution in [2.24, 2.45) is 0 Å². The van der Waals surface area contributed by atoms with Crippen molar-refractivity contribution in [1.29, 1.82) is 0 Å². The molecule has 1 aromatic carbocycles. The molecule has 0 aromatic heterocycles. The predicted molar refractivity (Wildman–Crippen MR) is 51.2 cm³/mol. The SMILES string of the molecule is COc1ccc2c(c1S(=O)O)OCC2. The van der Waals surface area contributed by atoms with Crippen LogP contribution in [0.4, 0.5) is 0 Å². The summed E-state index contributed by atoms with van der Waals surface area (Å²) in [5, 5.41) is 0. The maximum Gasteiger partial charge on any atom is 0.194 e. The Balaban J connectivity index is 2.62. The second-order valence-corrected chi connectivity index (χ2v) is 3.84. The molecule has 1 N–H and O–H groups in total. The Morgan fingerprint density at radius 3 is 3.00 bits per heavy atom. The van der Waals surface area contributed by atoms with E-state index < -0.39 is 11.1 Å². The molecule has 1 unspecified atom stereocenters. The molecule has 14 heavy (non-hydrogen) atoms. The van der Waals surface area contributed by atoms with Crippen LogP contribution in [0.2, 0.25) is 0 Å². The van der Waals surface area contributed by atoms with Gasteiger partial charge in [-0.15, -0.1) is 0 Å². The molecule has 0 fully saturated rings. The summed E-state index contributed by atoms with van der Waals surface area (Å²) in [4.78, 5) is 0.238. The van der Waals surface area contributed by atoms with Crippen LogP contribution in [-0.4, -0.2) is 22.5 Å². The minimum atomic E-state index is -2.07. The van der Waals surface area contributed by atoms with Gasteiger partial charge in [0.25, 0.3) is 0 Å². The number of rotatable bonds is 2. The van der Waals surface area contributed by atoms with E-state index in [1.807, 2.05) is 6.07 Å². The molecule has 4 nitrogen and oxygen atoms in total. The molecule has 5 heteroatoms. The van der Waals surface area contributed by atoms with Gasteiger partial charge in [-0.2, -0.15) is 0 Å². The van der Waals surface area contributed by atoms with Crippen LogP contribution in [0, 0.1) is 0 Å². The molecule has 0 spiro atoms. The van der Waals surface area contributed by atoms with Crippen molar-refractivity contribution in [3.05, 3.63) is 17.7 Å². The monoisotopic (exact) mass is 214 g/mol. The Morgan fingerprint density at radius 2 is 2.36 bits per heavy atom. The van der Waals surface area contributed by atoms with E-state index in [9.17, 15) is 4.21 Å². The van der Waals surface area contributed by atoms with Gasteiger partial charge < -0.3 is 14.0 Å². The van der Waals surface area contributed by atoms with Crippen LogP contribution in [0.25, 0.3) is 0 Å². The molecule has 2 rings (SSSR count). The quantitative estimate of drug-likeness (QED) is 0.752. The van der Waals surface area contributed by atoms with E-state index in [1.165, 1.54) is 7.11 Å². The fourth-order valence-electron chi connectivity index (χ4n) is 1.53. The first-order chi connectivity index (χ1) is 6.74. The number of hydrogen-bond donors (Lipinski definition) is 1. The number of methoxy groups -OCH3 is 1. The minimum Gasteiger partial charge on any atom is -0.495 e. The Bertz CT molecular complexity index is 389. The highest BCUT2D eigenvalue weighted by Crippen LogP contribution is 2.37. The molecule has 1 heterocycles. The molecule has 0 amide bonds. The lowest BCUT2D eigenvalue weighted by Gasteiger charge is -2.09. The second-order valence-electron chi connectivity index (χ2n) is 2.93. The molecule has 0 aliphatic carbocycles. The molecule has 0 saturated carbocycles. The molecule has 1 aliphatic heterocycles. The van der Waals surface area contributed by atoms with Gasteiger partial charge in [-0.25, -0.2) is 4.21 Å². The van der Waals surface area contributed by atoms with Crippen molar-refractivity contribution in [1.82, 2.24) is 0 Å². The normalized spacial score (nSPS) is 15.9. The van der Waals surface area contributed by atoms with Gasteiger partial charge in [0.15, 0.2) is 16.0 Å². The predicted octanol–water partition coefficient (Wildman–Crippen LogP) is 1.21. The molecule has 1 aliphatic rings. The molecule has 1 aromatic rings. The number of ether oxygens (including phenoxy) is 2. The van der Waals surface area contributed by atoms with Gasteiger partial charge in [-0.05, 0) is 11.6 Å². The largest absolute Gasteiger partial charge is 0.495 e. The van der Waals surface area contributed by atoms with E-state index in [2.05, 4.69) is 0 Å². The molecule has 0 bridgehead atoms. The van der Waals surface area contributed by atoms with Crippen LogP contribution in [0.5, 0.6) is 11.5 Å². The van der Waals surface area contributed by atoms with Crippen LogP contribution in [0.15, 0.2) is 17.0 Å². The Labute approximate surface area is 84.1 Å². The standard InChI is InChI=1S/C9H10O4S/c1-12-7-3-2-6-4-5-13-8(6)9(7)14(10)11/h2-3H,4-5H2,1H3,(H,10,11). The average molecular weight is 214 g/mol.